The second kappa shape index (κ2) is 7.10. The topological polar surface area (TPSA) is 51.2 Å². The Bertz CT molecular complexity index is 863. The fraction of sp³-hybridized carbons (Fsp3) is 0.0588. The monoisotopic (exact) mass is 434 g/mol. The van der Waals surface area contributed by atoms with Crippen molar-refractivity contribution in [3.05, 3.63) is 63.7 Å². The van der Waals surface area contributed by atoms with Crippen LogP contribution in [0.25, 0.3) is 10.9 Å². The highest BCUT2D eigenvalue weighted by Crippen LogP contribution is 2.28. The van der Waals surface area contributed by atoms with Crippen LogP contribution in [-0.2, 0) is 4.79 Å². The summed E-state index contributed by atoms with van der Waals surface area (Å²) in [7, 11) is 0. The Morgan fingerprint density at radius 3 is 2.83 bits per heavy atom. The first kappa shape index (κ1) is 16.0. The Hall–Kier alpha value is -1.92. The molecule has 4 nitrogen and oxygen atoms in total. The van der Waals surface area contributed by atoms with Crippen LogP contribution in [0.4, 0.5) is 5.69 Å². The average Bonchev–Trinajstić information content (AvgIpc) is 2.54. The van der Waals surface area contributed by atoms with Crippen molar-refractivity contribution in [2.24, 2.45) is 0 Å². The third-order valence-corrected chi connectivity index (χ3v) is 4.29. The van der Waals surface area contributed by atoms with E-state index in [0.717, 1.165) is 25.5 Å². The second-order valence-electron chi connectivity index (χ2n) is 4.79. The molecule has 6 heteroatoms. The Morgan fingerprint density at radius 2 is 2.00 bits per heavy atom. The van der Waals surface area contributed by atoms with E-state index in [1.165, 1.54) is 0 Å². The van der Waals surface area contributed by atoms with Gasteiger partial charge in [0.2, 0.25) is 0 Å². The van der Waals surface area contributed by atoms with E-state index in [1.807, 2.05) is 42.5 Å². The number of carbonyl (C=O) groups is 1. The lowest BCUT2D eigenvalue weighted by Gasteiger charge is -2.10. The fourth-order valence-electron chi connectivity index (χ4n) is 2.13. The molecule has 0 spiro atoms. The summed E-state index contributed by atoms with van der Waals surface area (Å²) in [4.78, 5) is 16.4. The number of rotatable bonds is 4. The van der Waals surface area contributed by atoms with Gasteiger partial charge < -0.3 is 10.1 Å². The molecule has 0 aliphatic rings. The van der Waals surface area contributed by atoms with Gasteiger partial charge >= 0.3 is 0 Å². The standard InChI is InChI=1S/C17H12Br2N2O2/c18-11-6-7-16(13(19)9-11)23-10-17(22)21-15-5-1-4-14-12(15)3-2-8-20-14/h1-9H,10H2,(H,21,22). The molecule has 0 saturated carbocycles. The first-order valence-corrected chi connectivity index (χ1v) is 8.43. The quantitative estimate of drug-likeness (QED) is 0.641. The molecule has 0 unspecified atom stereocenters. The number of pyridine rings is 1. The Morgan fingerprint density at radius 1 is 1.13 bits per heavy atom. The molecule has 0 aliphatic carbocycles. The molecule has 23 heavy (non-hydrogen) atoms. The van der Waals surface area contributed by atoms with Gasteiger partial charge in [-0.15, -0.1) is 0 Å². The zero-order valence-corrected chi connectivity index (χ0v) is 15.1. The summed E-state index contributed by atoms with van der Waals surface area (Å²) < 4.78 is 7.26. The molecular weight excluding hydrogens is 424 g/mol. The zero-order valence-electron chi connectivity index (χ0n) is 11.9. The number of hydrogen-bond donors (Lipinski definition) is 1. The number of nitrogens with zero attached hydrogens (tertiary/aromatic N) is 1. The number of benzene rings is 2. The minimum Gasteiger partial charge on any atom is -0.483 e. The lowest BCUT2D eigenvalue weighted by atomic mass is 10.2. The second-order valence-corrected chi connectivity index (χ2v) is 6.56. The van der Waals surface area contributed by atoms with Gasteiger partial charge in [0.15, 0.2) is 6.61 Å². The van der Waals surface area contributed by atoms with Gasteiger partial charge in [0.1, 0.15) is 5.75 Å². The predicted molar refractivity (Wildman–Crippen MR) is 97.7 cm³/mol. The van der Waals surface area contributed by atoms with Gasteiger partial charge in [0.05, 0.1) is 15.7 Å². The summed E-state index contributed by atoms with van der Waals surface area (Å²) in [5.74, 6) is 0.388. The molecule has 1 N–H and O–H groups in total. The molecule has 3 rings (SSSR count). The van der Waals surface area contributed by atoms with Crippen LogP contribution in [0.5, 0.6) is 5.75 Å². The first-order chi connectivity index (χ1) is 11.1. The van der Waals surface area contributed by atoms with E-state index in [1.54, 1.807) is 12.3 Å². The molecule has 2 aromatic carbocycles. The van der Waals surface area contributed by atoms with Crippen molar-refractivity contribution in [3.63, 3.8) is 0 Å². The smallest absolute Gasteiger partial charge is 0.262 e. The van der Waals surface area contributed by atoms with Gasteiger partial charge in [-0.3, -0.25) is 9.78 Å². The summed E-state index contributed by atoms with van der Waals surface area (Å²) in [5.41, 5.74) is 1.56. The normalized spacial score (nSPS) is 10.5. The number of halogens is 2. The minimum absolute atomic E-state index is 0.0725. The van der Waals surface area contributed by atoms with Crippen molar-refractivity contribution < 1.29 is 9.53 Å². The SMILES string of the molecule is O=C(COc1ccc(Br)cc1Br)Nc1cccc2ncccc12. The maximum absolute atomic E-state index is 12.1. The summed E-state index contributed by atoms with van der Waals surface area (Å²) in [6, 6.07) is 14.9. The van der Waals surface area contributed by atoms with Crippen LogP contribution in [-0.4, -0.2) is 17.5 Å². The Balaban J connectivity index is 1.69. The van der Waals surface area contributed by atoms with Crippen LogP contribution >= 0.6 is 31.9 Å². The number of fused-ring (bicyclic) bond motifs is 1. The van der Waals surface area contributed by atoms with E-state index in [9.17, 15) is 4.79 Å². The van der Waals surface area contributed by atoms with Crippen molar-refractivity contribution in [1.29, 1.82) is 0 Å². The number of nitrogens with one attached hydrogen (secondary N) is 1. The molecule has 0 radical (unpaired) electrons. The van der Waals surface area contributed by atoms with Gasteiger partial charge in [-0.25, -0.2) is 0 Å². The van der Waals surface area contributed by atoms with Crippen molar-refractivity contribution in [2.45, 2.75) is 0 Å². The summed E-state index contributed by atoms with van der Waals surface area (Å²) >= 11 is 6.77. The van der Waals surface area contributed by atoms with Crippen molar-refractivity contribution in [3.8, 4) is 5.75 Å². The zero-order chi connectivity index (χ0) is 16.2. The number of ether oxygens (including phenoxy) is 1. The number of carbonyl (C=O) groups excluding carboxylic acids is 1. The molecule has 0 saturated heterocycles. The Labute approximate surface area is 150 Å². The highest BCUT2D eigenvalue weighted by molar-refractivity contribution is 9.11. The lowest BCUT2D eigenvalue weighted by molar-refractivity contribution is -0.118. The number of aromatic nitrogens is 1. The van der Waals surface area contributed by atoms with Crippen molar-refractivity contribution >= 4 is 54.4 Å². The molecule has 1 heterocycles. The number of anilines is 1. The molecule has 1 aromatic heterocycles. The van der Waals surface area contributed by atoms with Gasteiger partial charge in [0.25, 0.3) is 5.91 Å². The van der Waals surface area contributed by atoms with Crippen LogP contribution < -0.4 is 10.1 Å². The van der Waals surface area contributed by atoms with Crippen LogP contribution in [0.3, 0.4) is 0 Å². The summed E-state index contributed by atoms with van der Waals surface area (Å²) in [6.07, 6.45) is 1.72. The molecule has 0 atom stereocenters. The van der Waals surface area contributed by atoms with E-state index in [4.69, 9.17) is 4.74 Å². The molecular formula is C17H12Br2N2O2. The van der Waals surface area contributed by atoms with Crippen molar-refractivity contribution in [1.82, 2.24) is 4.98 Å². The maximum atomic E-state index is 12.1. The summed E-state index contributed by atoms with van der Waals surface area (Å²) in [6.45, 7) is -0.0725. The molecule has 0 aliphatic heterocycles. The number of amides is 1. The first-order valence-electron chi connectivity index (χ1n) is 6.85. The molecule has 0 fully saturated rings. The van der Waals surface area contributed by atoms with Crippen LogP contribution in [0, 0.1) is 0 Å². The van der Waals surface area contributed by atoms with Crippen LogP contribution in [0.2, 0.25) is 0 Å². The van der Waals surface area contributed by atoms with Gasteiger partial charge in [-0.2, -0.15) is 0 Å². The highest BCUT2D eigenvalue weighted by Gasteiger charge is 2.08. The molecule has 1 amide bonds. The Kier molecular flexibility index (Phi) is 4.93. The van der Waals surface area contributed by atoms with E-state index >= 15 is 0 Å². The van der Waals surface area contributed by atoms with E-state index < -0.39 is 0 Å². The van der Waals surface area contributed by atoms with Crippen molar-refractivity contribution in [2.75, 3.05) is 11.9 Å². The van der Waals surface area contributed by atoms with E-state index in [2.05, 4.69) is 42.2 Å². The van der Waals surface area contributed by atoms with E-state index in [-0.39, 0.29) is 12.5 Å². The largest absolute Gasteiger partial charge is 0.483 e. The fourth-order valence-corrected chi connectivity index (χ4v) is 3.30. The summed E-state index contributed by atoms with van der Waals surface area (Å²) in [5, 5.41) is 3.75. The molecule has 0 bridgehead atoms. The maximum Gasteiger partial charge on any atom is 0.262 e. The van der Waals surface area contributed by atoms with Gasteiger partial charge in [0, 0.05) is 16.1 Å². The minimum atomic E-state index is -0.226. The third kappa shape index (κ3) is 3.89. The molecule has 3 aromatic rings. The molecule has 116 valence electrons. The average molecular weight is 436 g/mol. The third-order valence-electron chi connectivity index (χ3n) is 3.17. The predicted octanol–water partition coefficient (Wildman–Crippen LogP) is 4.78. The van der Waals surface area contributed by atoms with Crippen LogP contribution in [0.1, 0.15) is 0 Å². The lowest BCUT2D eigenvalue weighted by Crippen LogP contribution is -2.20. The highest BCUT2D eigenvalue weighted by atomic mass is 79.9. The van der Waals surface area contributed by atoms with Gasteiger partial charge in [-0.05, 0) is 58.4 Å². The van der Waals surface area contributed by atoms with Crippen LogP contribution in [0.15, 0.2) is 63.7 Å². The number of hydrogen-bond acceptors (Lipinski definition) is 3. The van der Waals surface area contributed by atoms with E-state index in [0.29, 0.717) is 5.75 Å². The van der Waals surface area contributed by atoms with Gasteiger partial charge in [-0.1, -0.05) is 22.0 Å².